The topological polar surface area (TPSA) is 80.3 Å². The molecule has 0 saturated carbocycles. The fourth-order valence-corrected chi connectivity index (χ4v) is 2.26. The van der Waals surface area contributed by atoms with Crippen molar-refractivity contribution in [3.8, 4) is 0 Å². The van der Waals surface area contributed by atoms with Crippen LogP contribution in [0.3, 0.4) is 0 Å². The fraction of sp³-hybridized carbons (Fsp3) is 0.500. The maximum absolute atomic E-state index is 11.9. The van der Waals surface area contributed by atoms with Crippen LogP contribution in [0.15, 0.2) is 35.2 Å². The highest BCUT2D eigenvalue weighted by Crippen LogP contribution is 2.19. The lowest BCUT2D eigenvalue weighted by molar-refractivity contribution is -0.122. The molecule has 0 bridgehead atoms. The van der Waals surface area contributed by atoms with Crippen LogP contribution in [0.5, 0.6) is 0 Å². The van der Waals surface area contributed by atoms with E-state index < -0.39 is 5.60 Å². The van der Waals surface area contributed by atoms with Crippen LogP contribution in [-0.4, -0.2) is 27.1 Å². The van der Waals surface area contributed by atoms with Crippen LogP contribution in [0.2, 0.25) is 0 Å². The zero-order valence-corrected chi connectivity index (χ0v) is 13.2. The smallest absolute Gasteiger partial charge is 0.221 e. The molecule has 0 aliphatic carbocycles. The number of imidazole rings is 1. The number of nitrogens with one attached hydrogen (secondary N) is 1. The number of hydrogen-bond acceptors (Lipinski definition) is 4. The van der Waals surface area contributed by atoms with Crippen LogP contribution in [-0.2, 0) is 16.9 Å². The van der Waals surface area contributed by atoms with Gasteiger partial charge in [0, 0.05) is 31.3 Å². The second-order valence-electron chi connectivity index (χ2n) is 5.91. The molecular formula is C16H23N3O3. The number of carbonyl (C=O) groups is 1. The summed E-state index contributed by atoms with van der Waals surface area (Å²) in [6.07, 6.45) is 5.46. The standard InChI is InChI=1S/C16H23N3O3/c1-12(2)15-17-7-9-19(15)8-6-14(20)18-11-16(3,21)13-5-4-10-22-13/h4-5,7,9-10,12,21H,6,8,11H2,1-3H3,(H,18,20)/t16-/m0/s1. The summed E-state index contributed by atoms with van der Waals surface area (Å²) in [4.78, 5) is 16.2. The van der Waals surface area contributed by atoms with Crippen LogP contribution in [0, 0.1) is 0 Å². The summed E-state index contributed by atoms with van der Waals surface area (Å²) in [5, 5.41) is 13.0. The van der Waals surface area contributed by atoms with Gasteiger partial charge in [0.25, 0.3) is 0 Å². The first kappa shape index (κ1) is 16.3. The summed E-state index contributed by atoms with van der Waals surface area (Å²) < 4.78 is 7.16. The molecule has 2 N–H and O–H groups in total. The molecule has 6 nitrogen and oxygen atoms in total. The van der Waals surface area contributed by atoms with Gasteiger partial charge in [-0.15, -0.1) is 0 Å². The third-order valence-corrected chi connectivity index (χ3v) is 3.53. The van der Waals surface area contributed by atoms with E-state index in [1.807, 2.05) is 10.8 Å². The lowest BCUT2D eigenvalue weighted by atomic mass is 10.0. The normalized spacial score (nSPS) is 14.0. The molecule has 2 aromatic heterocycles. The van der Waals surface area contributed by atoms with E-state index in [1.54, 1.807) is 25.3 Å². The Morgan fingerprint density at radius 1 is 1.55 bits per heavy atom. The van der Waals surface area contributed by atoms with Crippen molar-refractivity contribution in [2.75, 3.05) is 6.54 Å². The minimum Gasteiger partial charge on any atom is -0.466 e. The quantitative estimate of drug-likeness (QED) is 0.820. The maximum atomic E-state index is 11.9. The first-order valence-electron chi connectivity index (χ1n) is 7.44. The van der Waals surface area contributed by atoms with Gasteiger partial charge in [0.1, 0.15) is 17.2 Å². The van der Waals surface area contributed by atoms with Crippen molar-refractivity contribution in [1.82, 2.24) is 14.9 Å². The van der Waals surface area contributed by atoms with Gasteiger partial charge in [-0.05, 0) is 19.1 Å². The Bertz CT molecular complexity index is 600. The average Bonchev–Trinajstić information content (AvgIpc) is 3.13. The Hall–Kier alpha value is -2.08. The lowest BCUT2D eigenvalue weighted by Crippen LogP contribution is -2.38. The lowest BCUT2D eigenvalue weighted by Gasteiger charge is -2.21. The number of aromatic nitrogens is 2. The molecule has 0 spiro atoms. The van der Waals surface area contributed by atoms with E-state index >= 15 is 0 Å². The molecule has 1 atom stereocenters. The highest BCUT2D eigenvalue weighted by molar-refractivity contribution is 5.75. The van der Waals surface area contributed by atoms with Gasteiger partial charge in [-0.1, -0.05) is 13.8 Å². The minimum absolute atomic E-state index is 0.111. The molecule has 0 aromatic carbocycles. The van der Waals surface area contributed by atoms with Crippen molar-refractivity contribution in [1.29, 1.82) is 0 Å². The van der Waals surface area contributed by atoms with Crippen molar-refractivity contribution in [3.63, 3.8) is 0 Å². The zero-order valence-electron chi connectivity index (χ0n) is 13.2. The molecule has 1 amide bonds. The summed E-state index contributed by atoms with van der Waals surface area (Å²) in [6, 6.07) is 3.39. The number of nitrogens with zero attached hydrogens (tertiary/aromatic N) is 2. The van der Waals surface area contributed by atoms with Gasteiger partial charge in [0.15, 0.2) is 0 Å². The summed E-state index contributed by atoms with van der Waals surface area (Å²) in [7, 11) is 0. The van der Waals surface area contributed by atoms with Gasteiger partial charge in [-0.25, -0.2) is 4.98 Å². The summed E-state index contributed by atoms with van der Waals surface area (Å²) >= 11 is 0. The van der Waals surface area contributed by atoms with E-state index in [-0.39, 0.29) is 12.5 Å². The Morgan fingerprint density at radius 3 is 2.95 bits per heavy atom. The fourth-order valence-electron chi connectivity index (χ4n) is 2.26. The van der Waals surface area contributed by atoms with E-state index in [0.717, 1.165) is 5.82 Å². The number of aryl methyl sites for hydroxylation is 1. The molecule has 2 aromatic rings. The molecule has 0 aliphatic heterocycles. The molecule has 2 heterocycles. The Labute approximate surface area is 130 Å². The number of aliphatic hydroxyl groups is 1. The van der Waals surface area contributed by atoms with Crippen LogP contribution >= 0.6 is 0 Å². The van der Waals surface area contributed by atoms with E-state index in [2.05, 4.69) is 24.1 Å². The average molecular weight is 305 g/mol. The monoisotopic (exact) mass is 305 g/mol. The summed E-state index contributed by atoms with van der Waals surface area (Å²) in [5.74, 6) is 1.60. The first-order chi connectivity index (χ1) is 10.4. The predicted molar refractivity (Wildman–Crippen MR) is 82.2 cm³/mol. The number of carbonyl (C=O) groups excluding carboxylic acids is 1. The van der Waals surface area contributed by atoms with Gasteiger partial charge >= 0.3 is 0 Å². The van der Waals surface area contributed by atoms with Crippen molar-refractivity contribution < 1.29 is 14.3 Å². The van der Waals surface area contributed by atoms with E-state index in [1.165, 1.54) is 6.26 Å². The van der Waals surface area contributed by atoms with Crippen molar-refractivity contribution >= 4 is 5.91 Å². The Morgan fingerprint density at radius 2 is 2.32 bits per heavy atom. The molecule has 0 fully saturated rings. The molecule has 0 radical (unpaired) electrons. The maximum Gasteiger partial charge on any atom is 0.221 e. The molecule has 22 heavy (non-hydrogen) atoms. The van der Waals surface area contributed by atoms with Gasteiger partial charge in [-0.3, -0.25) is 4.79 Å². The van der Waals surface area contributed by atoms with Crippen molar-refractivity contribution in [3.05, 3.63) is 42.4 Å². The molecule has 120 valence electrons. The zero-order chi connectivity index (χ0) is 16.2. The van der Waals surface area contributed by atoms with Crippen molar-refractivity contribution in [2.45, 2.75) is 45.3 Å². The van der Waals surface area contributed by atoms with E-state index in [9.17, 15) is 9.90 Å². The molecule has 0 aliphatic rings. The van der Waals surface area contributed by atoms with Crippen LogP contribution in [0.25, 0.3) is 0 Å². The van der Waals surface area contributed by atoms with Gasteiger partial charge in [-0.2, -0.15) is 0 Å². The van der Waals surface area contributed by atoms with Crippen LogP contribution < -0.4 is 5.32 Å². The molecule has 6 heteroatoms. The van der Waals surface area contributed by atoms with E-state index in [0.29, 0.717) is 24.6 Å². The number of hydrogen-bond donors (Lipinski definition) is 2. The second-order valence-corrected chi connectivity index (χ2v) is 5.91. The third-order valence-electron chi connectivity index (χ3n) is 3.53. The Kier molecular flexibility index (Phi) is 5.03. The van der Waals surface area contributed by atoms with Crippen molar-refractivity contribution in [2.24, 2.45) is 0 Å². The summed E-state index contributed by atoms with van der Waals surface area (Å²) in [5.41, 5.74) is -1.21. The third kappa shape index (κ3) is 3.98. The SMILES string of the molecule is CC(C)c1nccn1CCC(=O)NC[C@](C)(O)c1ccco1. The highest BCUT2D eigenvalue weighted by atomic mass is 16.4. The Balaban J connectivity index is 1.82. The molecular weight excluding hydrogens is 282 g/mol. The number of rotatable bonds is 7. The predicted octanol–water partition coefficient (Wildman–Crippen LogP) is 2.01. The van der Waals surface area contributed by atoms with E-state index in [4.69, 9.17) is 4.42 Å². The molecule has 0 saturated heterocycles. The first-order valence-corrected chi connectivity index (χ1v) is 7.44. The van der Waals surface area contributed by atoms with Gasteiger partial charge < -0.3 is 19.4 Å². The highest BCUT2D eigenvalue weighted by Gasteiger charge is 2.26. The van der Waals surface area contributed by atoms with Crippen LogP contribution in [0.4, 0.5) is 0 Å². The second kappa shape index (κ2) is 6.79. The largest absolute Gasteiger partial charge is 0.466 e. The molecule has 0 unspecified atom stereocenters. The summed E-state index contributed by atoms with van der Waals surface area (Å²) in [6.45, 7) is 6.43. The minimum atomic E-state index is -1.21. The number of furan rings is 1. The van der Waals surface area contributed by atoms with Gasteiger partial charge in [0.05, 0.1) is 12.8 Å². The number of amides is 1. The van der Waals surface area contributed by atoms with Crippen LogP contribution in [0.1, 0.15) is 44.7 Å². The van der Waals surface area contributed by atoms with Gasteiger partial charge in [0.2, 0.25) is 5.91 Å². The molecule has 2 rings (SSSR count).